The van der Waals surface area contributed by atoms with Gasteiger partial charge in [0.15, 0.2) is 0 Å². The van der Waals surface area contributed by atoms with E-state index < -0.39 is 0 Å². The van der Waals surface area contributed by atoms with Gasteiger partial charge in [-0.3, -0.25) is 10.00 Å². The third kappa shape index (κ3) is 4.15. The number of H-pyrrole nitrogens is 1. The molecule has 0 aromatic carbocycles. The highest BCUT2D eigenvalue weighted by Gasteiger charge is 2.20. The molecule has 1 aliphatic rings. The van der Waals surface area contributed by atoms with E-state index in [0.717, 1.165) is 59.7 Å². The number of thiophene rings is 2. The van der Waals surface area contributed by atoms with Crippen molar-refractivity contribution in [2.24, 2.45) is 0 Å². The molecule has 0 aliphatic carbocycles. The van der Waals surface area contributed by atoms with Crippen molar-refractivity contribution in [2.75, 3.05) is 26.3 Å². The molecule has 1 aliphatic heterocycles. The molecule has 0 atom stereocenters. The first kappa shape index (κ1) is 20.1. The largest absolute Gasteiger partial charge is 0.379 e. The SMILES string of the molecule is CC(C)c1nc(Sc2nc(CN3CCOCC3)nc3scc(-c4cccs4)c23)n[nH]1. The fourth-order valence-corrected chi connectivity index (χ4v) is 6.03. The lowest BCUT2D eigenvalue weighted by atomic mass is 10.2. The van der Waals surface area contributed by atoms with Crippen LogP contribution in [0.25, 0.3) is 20.7 Å². The summed E-state index contributed by atoms with van der Waals surface area (Å²) in [6, 6.07) is 4.22. The molecule has 10 heteroatoms. The number of fused-ring (bicyclic) bond motifs is 1. The topological polar surface area (TPSA) is 79.8 Å². The van der Waals surface area contributed by atoms with E-state index in [1.54, 1.807) is 22.7 Å². The van der Waals surface area contributed by atoms with Crippen LogP contribution in [0.3, 0.4) is 0 Å². The summed E-state index contributed by atoms with van der Waals surface area (Å²) in [7, 11) is 0. The average Bonchev–Trinajstić information content (AvgIpc) is 3.49. The first-order valence-corrected chi connectivity index (χ1v) is 12.5. The molecule has 4 aromatic rings. The van der Waals surface area contributed by atoms with Crippen molar-refractivity contribution in [2.45, 2.75) is 36.5 Å². The molecule has 1 fully saturated rings. The third-order valence-electron chi connectivity index (χ3n) is 4.92. The van der Waals surface area contributed by atoms with E-state index in [2.05, 4.69) is 56.8 Å². The highest BCUT2D eigenvalue weighted by molar-refractivity contribution is 7.99. The minimum absolute atomic E-state index is 0.303. The zero-order chi connectivity index (χ0) is 20.5. The van der Waals surface area contributed by atoms with Gasteiger partial charge in [0.05, 0.1) is 25.1 Å². The molecule has 0 amide bonds. The molecule has 0 bridgehead atoms. The molecule has 0 unspecified atom stereocenters. The van der Waals surface area contributed by atoms with Gasteiger partial charge in [-0.15, -0.1) is 27.8 Å². The summed E-state index contributed by atoms with van der Waals surface area (Å²) >= 11 is 4.92. The molecule has 4 aromatic heterocycles. The van der Waals surface area contributed by atoms with Gasteiger partial charge in [-0.2, -0.15) is 0 Å². The van der Waals surface area contributed by atoms with Crippen LogP contribution in [-0.2, 0) is 11.3 Å². The Hall–Kier alpha value is -1.85. The maximum absolute atomic E-state index is 5.47. The number of ether oxygens (including phenoxy) is 1. The summed E-state index contributed by atoms with van der Waals surface area (Å²) in [6.07, 6.45) is 0. The van der Waals surface area contributed by atoms with E-state index in [9.17, 15) is 0 Å². The molecule has 30 heavy (non-hydrogen) atoms. The van der Waals surface area contributed by atoms with Crippen LogP contribution in [0.5, 0.6) is 0 Å². The van der Waals surface area contributed by atoms with Gasteiger partial charge in [-0.1, -0.05) is 19.9 Å². The highest BCUT2D eigenvalue weighted by Crippen LogP contribution is 2.41. The van der Waals surface area contributed by atoms with Gasteiger partial charge in [0, 0.05) is 34.8 Å². The summed E-state index contributed by atoms with van der Waals surface area (Å²) in [6.45, 7) is 8.28. The minimum atomic E-state index is 0.303. The number of morpholine rings is 1. The third-order valence-corrected chi connectivity index (χ3v) is 7.55. The fourth-order valence-electron chi connectivity index (χ4n) is 3.32. The zero-order valence-electron chi connectivity index (χ0n) is 16.8. The maximum atomic E-state index is 5.47. The minimum Gasteiger partial charge on any atom is -0.379 e. The number of rotatable bonds is 6. The van der Waals surface area contributed by atoms with Crippen molar-refractivity contribution in [1.82, 2.24) is 30.0 Å². The number of aromatic nitrogens is 5. The van der Waals surface area contributed by atoms with E-state index >= 15 is 0 Å². The highest BCUT2D eigenvalue weighted by atomic mass is 32.2. The Morgan fingerprint density at radius 1 is 1.20 bits per heavy atom. The Morgan fingerprint density at radius 2 is 2.07 bits per heavy atom. The second-order valence-electron chi connectivity index (χ2n) is 7.40. The molecule has 5 heterocycles. The average molecular weight is 459 g/mol. The second-order valence-corrected chi connectivity index (χ2v) is 10.2. The summed E-state index contributed by atoms with van der Waals surface area (Å²) in [5.74, 6) is 2.03. The van der Waals surface area contributed by atoms with Crippen LogP contribution < -0.4 is 0 Å². The molecule has 1 N–H and O–H groups in total. The van der Waals surface area contributed by atoms with Crippen LogP contribution >= 0.6 is 34.4 Å². The number of nitrogens with one attached hydrogen (secondary N) is 1. The van der Waals surface area contributed by atoms with Gasteiger partial charge in [0.1, 0.15) is 21.5 Å². The lowest BCUT2D eigenvalue weighted by molar-refractivity contribution is 0.0330. The van der Waals surface area contributed by atoms with Crippen LogP contribution in [0.1, 0.15) is 31.4 Å². The smallest absolute Gasteiger partial charge is 0.214 e. The summed E-state index contributed by atoms with van der Waals surface area (Å²) in [5, 5.41) is 14.4. The monoisotopic (exact) mass is 458 g/mol. The molecule has 7 nitrogen and oxygen atoms in total. The van der Waals surface area contributed by atoms with Gasteiger partial charge in [-0.05, 0) is 23.2 Å². The van der Waals surface area contributed by atoms with Crippen LogP contribution in [0.15, 0.2) is 33.1 Å². The molecular formula is C20H22N6OS3. The van der Waals surface area contributed by atoms with Crippen molar-refractivity contribution in [3.63, 3.8) is 0 Å². The van der Waals surface area contributed by atoms with Crippen molar-refractivity contribution in [3.8, 4) is 10.4 Å². The van der Waals surface area contributed by atoms with Crippen molar-refractivity contribution < 1.29 is 4.74 Å². The van der Waals surface area contributed by atoms with Crippen LogP contribution in [0.4, 0.5) is 0 Å². The summed E-state index contributed by atoms with van der Waals surface area (Å²) in [4.78, 5) is 19.1. The molecule has 0 radical (unpaired) electrons. The Kier molecular flexibility index (Phi) is 5.83. The standard InChI is InChI=1S/C20H22N6OS3/c1-12(2)17-23-20(25-24-17)30-19-16-13(14-4-3-9-28-14)11-29-18(16)21-15(22-19)10-26-5-7-27-8-6-26/h3-4,9,11-12H,5-8,10H2,1-2H3,(H,23,24,25). The Balaban J connectivity index is 1.55. The summed E-state index contributed by atoms with van der Waals surface area (Å²) in [5.41, 5.74) is 1.19. The predicted octanol–water partition coefficient (Wildman–Crippen LogP) is 4.64. The van der Waals surface area contributed by atoms with E-state index in [1.807, 2.05) is 0 Å². The first-order valence-electron chi connectivity index (χ1n) is 9.89. The van der Waals surface area contributed by atoms with Gasteiger partial charge in [0.2, 0.25) is 5.16 Å². The van der Waals surface area contributed by atoms with Crippen LogP contribution in [0, 0.1) is 0 Å². The van der Waals surface area contributed by atoms with Gasteiger partial charge < -0.3 is 4.74 Å². The summed E-state index contributed by atoms with van der Waals surface area (Å²) < 4.78 is 5.47. The molecule has 5 rings (SSSR count). The van der Waals surface area contributed by atoms with Gasteiger partial charge >= 0.3 is 0 Å². The fraction of sp³-hybridized carbons (Fsp3) is 0.400. The van der Waals surface area contributed by atoms with E-state index in [4.69, 9.17) is 14.7 Å². The normalized spacial score (nSPS) is 15.4. The zero-order valence-corrected chi connectivity index (χ0v) is 19.2. The Bertz CT molecular complexity index is 1130. The molecule has 0 saturated carbocycles. The van der Waals surface area contributed by atoms with E-state index in [-0.39, 0.29) is 0 Å². The van der Waals surface area contributed by atoms with Crippen molar-refractivity contribution in [3.05, 3.63) is 34.5 Å². The maximum Gasteiger partial charge on any atom is 0.214 e. The molecule has 0 spiro atoms. The first-order chi connectivity index (χ1) is 14.7. The number of hydrogen-bond acceptors (Lipinski definition) is 9. The van der Waals surface area contributed by atoms with Crippen molar-refractivity contribution in [1.29, 1.82) is 0 Å². The molecule has 156 valence electrons. The molecule has 1 saturated heterocycles. The van der Waals surface area contributed by atoms with E-state index in [0.29, 0.717) is 11.1 Å². The van der Waals surface area contributed by atoms with Crippen LogP contribution in [-0.4, -0.2) is 56.4 Å². The van der Waals surface area contributed by atoms with Gasteiger partial charge in [0.25, 0.3) is 0 Å². The number of hydrogen-bond donors (Lipinski definition) is 1. The number of aromatic amines is 1. The van der Waals surface area contributed by atoms with Crippen molar-refractivity contribution >= 4 is 44.7 Å². The Morgan fingerprint density at radius 3 is 2.80 bits per heavy atom. The predicted molar refractivity (Wildman–Crippen MR) is 121 cm³/mol. The second kappa shape index (κ2) is 8.72. The quantitative estimate of drug-likeness (QED) is 0.422. The van der Waals surface area contributed by atoms with E-state index in [1.165, 1.54) is 22.2 Å². The molecular weight excluding hydrogens is 436 g/mol. The Labute approximate surface area is 186 Å². The lowest BCUT2D eigenvalue weighted by Crippen LogP contribution is -2.36. The number of nitrogens with zero attached hydrogens (tertiary/aromatic N) is 5. The lowest BCUT2D eigenvalue weighted by Gasteiger charge is -2.25. The van der Waals surface area contributed by atoms with Crippen LogP contribution in [0.2, 0.25) is 0 Å². The van der Waals surface area contributed by atoms with Gasteiger partial charge in [-0.25, -0.2) is 15.0 Å².